The second-order valence-corrected chi connectivity index (χ2v) is 4.92. The van der Waals surface area contributed by atoms with Crippen LogP contribution in [-0.4, -0.2) is 23.9 Å². The summed E-state index contributed by atoms with van der Waals surface area (Å²) in [6, 6.07) is 4.17. The molecule has 0 spiro atoms. The molecule has 0 radical (unpaired) electrons. The van der Waals surface area contributed by atoms with Crippen LogP contribution in [0.4, 0.5) is 0 Å². The first-order valence-corrected chi connectivity index (χ1v) is 6.77. The largest absolute Gasteiger partial charge is 0.337 e. The minimum atomic E-state index is -0.121. The quantitative estimate of drug-likeness (QED) is 0.806. The SMILES string of the molecule is CCc1ccsc1C(=O)N(CC)CC(C)C#N. The lowest BCUT2D eigenvalue weighted by Gasteiger charge is -2.21. The zero-order valence-corrected chi connectivity index (χ0v) is 11.4. The van der Waals surface area contributed by atoms with Crippen molar-refractivity contribution in [1.29, 1.82) is 5.26 Å². The van der Waals surface area contributed by atoms with E-state index in [1.54, 1.807) is 4.90 Å². The average molecular weight is 250 g/mol. The van der Waals surface area contributed by atoms with Crippen LogP contribution in [0, 0.1) is 17.2 Å². The lowest BCUT2D eigenvalue weighted by molar-refractivity contribution is 0.0756. The molecule has 0 aliphatic heterocycles. The Morgan fingerprint density at radius 3 is 2.82 bits per heavy atom. The zero-order valence-electron chi connectivity index (χ0n) is 10.6. The first-order valence-electron chi connectivity index (χ1n) is 5.89. The lowest BCUT2D eigenvalue weighted by atomic mass is 10.1. The van der Waals surface area contributed by atoms with Gasteiger partial charge in [0.05, 0.1) is 16.9 Å². The standard InChI is InChI=1S/C13H18N2OS/c1-4-11-6-7-17-12(11)13(16)15(5-2)9-10(3)8-14/h6-7,10H,4-5,9H2,1-3H3. The van der Waals surface area contributed by atoms with Crippen molar-refractivity contribution in [3.63, 3.8) is 0 Å². The molecule has 1 rings (SSSR count). The Labute approximate surface area is 107 Å². The van der Waals surface area contributed by atoms with Gasteiger partial charge in [-0.05, 0) is 37.3 Å². The predicted octanol–water partition coefficient (Wildman–Crippen LogP) is 2.93. The van der Waals surface area contributed by atoms with E-state index in [0.29, 0.717) is 13.1 Å². The maximum atomic E-state index is 12.3. The van der Waals surface area contributed by atoms with Gasteiger partial charge in [0.2, 0.25) is 0 Å². The third-order valence-electron chi connectivity index (χ3n) is 2.71. The fourth-order valence-corrected chi connectivity index (χ4v) is 2.63. The van der Waals surface area contributed by atoms with Crippen LogP contribution < -0.4 is 0 Å². The second-order valence-electron chi connectivity index (χ2n) is 4.00. The van der Waals surface area contributed by atoms with Crippen molar-refractivity contribution in [2.24, 2.45) is 5.92 Å². The molecule has 1 atom stereocenters. The van der Waals surface area contributed by atoms with Gasteiger partial charge in [0, 0.05) is 13.1 Å². The Kier molecular flexibility index (Phi) is 5.17. The molecule has 0 aliphatic rings. The van der Waals surface area contributed by atoms with Crippen LogP contribution >= 0.6 is 11.3 Å². The van der Waals surface area contributed by atoms with Gasteiger partial charge < -0.3 is 4.90 Å². The van der Waals surface area contributed by atoms with Crippen molar-refractivity contribution >= 4 is 17.2 Å². The van der Waals surface area contributed by atoms with Crippen LogP contribution in [0.3, 0.4) is 0 Å². The van der Waals surface area contributed by atoms with E-state index in [1.807, 2.05) is 32.2 Å². The summed E-state index contributed by atoms with van der Waals surface area (Å²) in [6.07, 6.45) is 0.871. The summed E-state index contributed by atoms with van der Waals surface area (Å²) < 4.78 is 0. The molecule has 1 aromatic rings. The van der Waals surface area contributed by atoms with Gasteiger partial charge >= 0.3 is 0 Å². The number of rotatable bonds is 5. The van der Waals surface area contributed by atoms with Gasteiger partial charge in [-0.1, -0.05) is 6.92 Å². The molecule has 1 unspecified atom stereocenters. The van der Waals surface area contributed by atoms with Crippen molar-refractivity contribution < 1.29 is 4.79 Å². The van der Waals surface area contributed by atoms with Crippen molar-refractivity contribution in [2.75, 3.05) is 13.1 Å². The maximum absolute atomic E-state index is 12.3. The number of carbonyl (C=O) groups excluding carboxylic acids is 1. The molecule has 1 aromatic heterocycles. The van der Waals surface area contributed by atoms with E-state index in [0.717, 1.165) is 16.9 Å². The smallest absolute Gasteiger partial charge is 0.264 e. The number of carbonyl (C=O) groups is 1. The fraction of sp³-hybridized carbons (Fsp3) is 0.538. The van der Waals surface area contributed by atoms with Crippen molar-refractivity contribution in [3.8, 4) is 6.07 Å². The molecular formula is C13H18N2OS. The highest BCUT2D eigenvalue weighted by atomic mass is 32.1. The van der Waals surface area contributed by atoms with E-state index in [2.05, 4.69) is 6.07 Å². The summed E-state index contributed by atoms with van der Waals surface area (Å²) in [6.45, 7) is 6.98. The number of nitrogens with zero attached hydrogens (tertiary/aromatic N) is 2. The number of nitriles is 1. The Hall–Kier alpha value is -1.34. The topological polar surface area (TPSA) is 44.1 Å². The normalized spacial score (nSPS) is 11.9. The predicted molar refractivity (Wildman–Crippen MR) is 70.1 cm³/mol. The first-order chi connectivity index (χ1) is 8.13. The van der Waals surface area contributed by atoms with Crippen LogP contribution in [0.15, 0.2) is 11.4 Å². The minimum Gasteiger partial charge on any atom is -0.337 e. The molecule has 92 valence electrons. The van der Waals surface area contributed by atoms with E-state index in [-0.39, 0.29) is 11.8 Å². The molecule has 0 fully saturated rings. The molecule has 1 heterocycles. The number of amides is 1. The third kappa shape index (κ3) is 3.31. The molecule has 0 bridgehead atoms. The van der Waals surface area contributed by atoms with Crippen molar-refractivity contribution in [1.82, 2.24) is 4.90 Å². The van der Waals surface area contributed by atoms with Crippen LogP contribution in [0.2, 0.25) is 0 Å². The van der Waals surface area contributed by atoms with E-state index >= 15 is 0 Å². The average Bonchev–Trinajstić information content (AvgIpc) is 2.82. The van der Waals surface area contributed by atoms with Crippen LogP contribution in [0.1, 0.15) is 36.0 Å². The van der Waals surface area contributed by atoms with E-state index in [9.17, 15) is 4.79 Å². The molecule has 0 saturated carbocycles. The Bertz CT molecular complexity index is 419. The van der Waals surface area contributed by atoms with Gasteiger partial charge in [0.15, 0.2) is 0 Å². The Morgan fingerprint density at radius 2 is 2.29 bits per heavy atom. The fourth-order valence-electron chi connectivity index (χ4n) is 1.67. The van der Waals surface area contributed by atoms with Crippen LogP contribution in [-0.2, 0) is 6.42 Å². The van der Waals surface area contributed by atoms with Crippen molar-refractivity contribution in [3.05, 3.63) is 21.9 Å². The zero-order chi connectivity index (χ0) is 12.8. The summed E-state index contributed by atoms with van der Waals surface area (Å²) in [5.41, 5.74) is 1.10. The first kappa shape index (κ1) is 13.7. The molecular weight excluding hydrogens is 232 g/mol. The number of hydrogen-bond donors (Lipinski definition) is 0. The van der Waals surface area contributed by atoms with Gasteiger partial charge in [-0.3, -0.25) is 4.79 Å². The van der Waals surface area contributed by atoms with Gasteiger partial charge in [-0.15, -0.1) is 11.3 Å². The van der Waals surface area contributed by atoms with Gasteiger partial charge in [0.25, 0.3) is 5.91 Å². The van der Waals surface area contributed by atoms with E-state index in [4.69, 9.17) is 5.26 Å². The van der Waals surface area contributed by atoms with E-state index in [1.165, 1.54) is 11.3 Å². The van der Waals surface area contributed by atoms with Crippen molar-refractivity contribution in [2.45, 2.75) is 27.2 Å². The minimum absolute atomic E-state index is 0.0569. The molecule has 4 heteroatoms. The molecule has 0 aromatic carbocycles. The summed E-state index contributed by atoms with van der Waals surface area (Å²) in [5.74, 6) is -0.0645. The summed E-state index contributed by atoms with van der Waals surface area (Å²) >= 11 is 1.49. The lowest BCUT2D eigenvalue weighted by Crippen LogP contribution is -2.34. The summed E-state index contributed by atoms with van der Waals surface area (Å²) in [4.78, 5) is 14.9. The van der Waals surface area contributed by atoms with Gasteiger partial charge in [0.1, 0.15) is 0 Å². The van der Waals surface area contributed by atoms with E-state index < -0.39 is 0 Å². The van der Waals surface area contributed by atoms with Gasteiger partial charge in [-0.2, -0.15) is 5.26 Å². The Balaban J connectivity index is 2.83. The molecule has 0 N–H and O–H groups in total. The van der Waals surface area contributed by atoms with Crippen LogP contribution in [0.25, 0.3) is 0 Å². The molecule has 17 heavy (non-hydrogen) atoms. The molecule has 0 saturated heterocycles. The van der Waals surface area contributed by atoms with Crippen LogP contribution in [0.5, 0.6) is 0 Å². The molecule has 3 nitrogen and oxygen atoms in total. The third-order valence-corrected chi connectivity index (χ3v) is 3.65. The summed E-state index contributed by atoms with van der Waals surface area (Å²) in [5, 5.41) is 10.8. The monoisotopic (exact) mass is 250 g/mol. The number of hydrogen-bond acceptors (Lipinski definition) is 3. The van der Waals surface area contributed by atoms with Gasteiger partial charge in [-0.25, -0.2) is 0 Å². The molecule has 0 aliphatic carbocycles. The maximum Gasteiger partial charge on any atom is 0.264 e. The highest BCUT2D eigenvalue weighted by Gasteiger charge is 2.19. The highest BCUT2D eigenvalue weighted by Crippen LogP contribution is 2.20. The number of aryl methyl sites for hydroxylation is 1. The Morgan fingerprint density at radius 1 is 1.59 bits per heavy atom. The molecule has 1 amide bonds. The number of thiophene rings is 1. The second kappa shape index (κ2) is 6.41. The summed E-state index contributed by atoms with van der Waals surface area (Å²) in [7, 11) is 0. The highest BCUT2D eigenvalue weighted by molar-refractivity contribution is 7.12.